The van der Waals surface area contributed by atoms with Crippen LogP contribution in [-0.4, -0.2) is 27.7 Å². The van der Waals surface area contributed by atoms with Crippen molar-refractivity contribution < 1.29 is 14.3 Å². The van der Waals surface area contributed by atoms with Crippen molar-refractivity contribution in [3.05, 3.63) is 66.5 Å². The summed E-state index contributed by atoms with van der Waals surface area (Å²) in [6.45, 7) is 1.68. The third-order valence-electron chi connectivity index (χ3n) is 4.22. The van der Waals surface area contributed by atoms with Crippen LogP contribution in [0.5, 0.6) is 5.75 Å². The maximum Gasteiger partial charge on any atom is 0.265 e. The third-order valence-corrected chi connectivity index (χ3v) is 4.22. The minimum absolute atomic E-state index is 0.168. The van der Waals surface area contributed by atoms with Gasteiger partial charge in [0.15, 0.2) is 6.10 Å². The Morgan fingerprint density at radius 3 is 2.89 bits per heavy atom. The molecule has 136 valence electrons. The van der Waals surface area contributed by atoms with Gasteiger partial charge in [-0.05, 0) is 42.8 Å². The molecule has 1 aliphatic rings. The van der Waals surface area contributed by atoms with Gasteiger partial charge in [0.1, 0.15) is 5.75 Å². The number of nitrogens with one attached hydrogen (secondary N) is 2. The zero-order valence-electron chi connectivity index (χ0n) is 14.7. The summed E-state index contributed by atoms with van der Waals surface area (Å²) in [5.74, 6) is 0.211. The number of rotatable bonds is 4. The molecule has 2 N–H and O–H groups in total. The van der Waals surface area contributed by atoms with Crippen LogP contribution in [0.2, 0.25) is 0 Å². The Balaban J connectivity index is 1.42. The van der Waals surface area contributed by atoms with Crippen molar-refractivity contribution in [3.8, 4) is 11.4 Å². The average molecular weight is 362 g/mol. The van der Waals surface area contributed by atoms with E-state index in [2.05, 4.69) is 15.7 Å². The molecule has 1 atom stereocenters. The molecule has 0 saturated heterocycles. The predicted molar refractivity (Wildman–Crippen MR) is 101 cm³/mol. The summed E-state index contributed by atoms with van der Waals surface area (Å²) in [6.07, 6.45) is 3.18. The van der Waals surface area contributed by atoms with Crippen LogP contribution >= 0.6 is 0 Å². The number of carbonyl (C=O) groups is 2. The van der Waals surface area contributed by atoms with Gasteiger partial charge in [-0.3, -0.25) is 9.59 Å². The number of hydrogen-bond acceptors (Lipinski definition) is 4. The molecule has 0 fully saturated rings. The summed E-state index contributed by atoms with van der Waals surface area (Å²) in [7, 11) is 0. The molecule has 0 spiro atoms. The number of fused-ring (bicyclic) bond motifs is 1. The Kier molecular flexibility index (Phi) is 4.33. The van der Waals surface area contributed by atoms with E-state index in [1.807, 2.05) is 36.5 Å². The van der Waals surface area contributed by atoms with Crippen molar-refractivity contribution in [2.45, 2.75) is 19.4 Å². The Morgan fingerprint density at radius 2 is 2.07 bits per heavy atom. The maximum atomic E-state index is 12.3. The number of carbonyl (C=O) groups excluding carboxylic acids is 2. The Labute approximate surface area is 156 Å². The van der Waals surface area contributed by atoms with Gasteiger partial charge in [0.25, 0.3) is 5.91 Å². The number of benzene rings is 2. The van der Waals surface area contributed by atoms with Gasteiger partial charge in [-0.2, -0.15) is 5.10 Å². The molecule has 0 saturated carbocycles. The summed E-state index contributed by atoms with van der Waals surface area (Å²) < 4.78 is 7.24. The molecule has 2 heterocycles. The molecule has 4 rings (SSSR count). The molecule has 7 nitrogen and oxygen atoms in total. The smallest absolute Gasteiger partial charge is 0.265 e. The first-order valence-electron chi connectivity index (χ1n) is 8.59. The lowest BCUT2D eigenvalue weighted by Crippen LogP contribution is -2.34. The Hall–Kier alpha value is -3.61. The molecular formula is C20H18N4O3. The van der Waals surface area contributed by atoms with E-state index in [0.717, 1.165) is 11.3 Å². The van der Waals surface area contributed by atoms with Crippen LogP contribution in [0.25, 0.3) is 5.69 Å². The van der Waals surface area contributed by atoms with Gasteiger partial charge in [-0.15, -0.1) is 0 Å². The molecule has 7 heteroatoms. The van der Waals surface area contributed by atoms with Gasteiger partial charge in [-0.1, -0.05) is 18.2 Å². The third kappa shape index (κ3) is 3.67. The summed E-state index contributed by atoms with van der Waals surface area (Å²) in [5, 5.41) is 9.89. The van der Waals surface area contributed by atoms with Crippen molar-refractivity contribution >= 4 is 23.2 Å². The van der Waals surface area contributed by atoms with Crippen LogP contribution in [-0.2, 0) is 16.0 Å². The maximum absolute atomic E-state index is 12.3. The van der Waals surface area contributed by atoms with Crippen LogP contribution in [0.4, 0.5) is 11.4 Å². The van der Waals surface area contributed by atoms with E-state index >= 15 is 0 Å². The lowest BCUT2D eigenvalue weighted by atomic mass is 10.2. The second-order valence-corrected chi connectivity index (χ2v) is 6.31. The minimum Gasteiger partial charge on any atom is -0.479 e. The SMILES string of the molecule is CC1Oc2ccc(NC(=O)Cc3cnn(-c4ccccc4)c3)cc2NC1=O. The van der Waals surface area contributed by atoms with Crippen LogP contribution in [0, 0.1) is 0 Å². The molecule has 27 heavy (non-hydrogen) atoms. The van der Waals surface area contributed by atoms with Gasteiger partial charge < -0.3 is 15.4 Å². The number of aromatic nitrogens is 2. The summed E-state index contributed by atoms with van der Waals surface area (Å²) in [6, 6.07) is 14.9. The normalized spacial score (nSPS) is 15.4. The van der Waals surface area contributed by atoms with Crippen molar-refractivity contribution in [2.24, 2.45) is 0 Å². The quantitative estimate of drug-likeness (QED) is 0.747. The van der Waals surface area contributed by atoms with E-state index in [4.69, 9.17) is 4.74 Å². The number of anilines is 2. The molecule has 0 aliphatic carbocycles. The zero-order chi connectivity index (χ0) is 18.8. The van der Waals surface area contributed by atoms with E-state index in [-0.39, 0.29) is 18.2 Å². The van der Waals surface area contributed by atoms with E-state index < -0.39 is 6.10 Å². The van der Waals surface area contributed by atoms with Crippen molar-refractivity contribution in [2.75, 3.05) is 10.6 Å². The fraction of sp³-hybridized carbons (Fsp3) is 0.150. The number of nitrogens with zero attached hydrogens (tertiary/aromatic N) is 2. The largest absolute Gasteiger partial charge is 0.479 e. The Bertz CT molecular complexity index is 997. The molecule has 2 amide bonds. The van der Waals surface area contributed by atoms with Gasteiger partial charge in [-0.25, -0.2) is 4.68 Å². The molecule has 0 bridgehead atoms. The van der Waals surface area contributed by atoms with Gasteiger partial charge in [0.2, 0.25) is 5.91 Å². The first kappa shape index (κ1) is 16.8. The number of amides is 2. The van der Waals surface area contributed by atoms with E-state index in [0.29, 0.717) is 17.1 Å². The summed E-state index contributed by atoms with van der Waals surface area (Å²) >= 11 is 0. The van der Waals surface area contributed by atoms with Crippen LogP contribution in [0.3, 0.4) is 0 Å². The zero-order valence-corrected chi connectivity index (χ0v) is 14.7. The standard InChI is InChI=1S/C20H18N4O3/c1-13-20(26)23-17-10-15(7-8-18(17)27-13)22-19(25)9-14-11-21-24(12-14)16-5-3-2-4-6-16/h2-8,10-13H,9H2,1H3,(H,22,25)(H,23,26). The van der Waals surface area contributed by atoms with Gasteiger partial charge >= 0.3 is 0 Å². The Morgan fingerprint density at radius 1 is 1.26 bits per heavy atom. The molecule has 0 radical (unpaired) electrons. The first-order valence-corrected chi connectivity index (χ1v) is 8.59. The van der Waals surface area contributed by atoms with E-state index in [1.54, 1.807) is 36.0 Å². The second-order valence-electron chi connectivity index (χ2n) is 6.31. The van der Waals surface area contributed by atoms with Crippen LogP contribution in [0.15, 0.2) is 60.9 Å². The van der Waals surface area contributed by atoms with Gasteiger partial charge in [0, 0.05) is 11.9 Å². The molecule has 1 unspecified atom stereocenters. The monoisotopic (exact) mass is 362 g/mol. The molecule has 1 aliphatic heterocycles. The van der Waals surface area contributed by atoms with Crippen LogP contribution in [0.1, 0.15) is 12.5 Å². The van der Waals surface area contributed by atoms with Crippen molar-refractivity contribution in [1.82, 2.24) is 9.78 Å². The van der Waals surface area contributed by atoms with E-state index in [9.17, 15) is 9.59 Å². The molecular weight excluding hydrogens is 344 g/mol. The average Bonchev–Trinajstić information content (AvgIpc) is 3.12. The highest BCUT2D eigenvalue weighted by Gasteiger charge is 2.23. The number of para-hydroxylation sites is 1. The topological polar surface area (TPSA) is 85.2 Å². The number of ether oxygens (including phenoxy) is 1. The lowest BCUT2D eigenvalue weighted by Gasteiger charge is -2.23. The van der Waals surface area contributed by atoms with Crippen molar-refractivity contribution in [1.29, 1.82) is 0 Å². The van der Waals surface area contributed by atoms with Crippen LogP contribution < -0.4 is 15.4 Å². The molecule has 1 aromatic heterocycles. The fourth-order valence-corrected chi connectivity index (χ4v) is 2.85. The highest BCUT2D eigenvalue weighted by Crippen LogP contribution is 2.32. The van der Waals surface area contributed by atoms with Crippen molar-refractivity contribution in [3.63, 3.8) is 0 Å². The molecule has 3 aromatic rings. The second kappa shape index (κ2) is 6.95. The first-order chi connectivity index (χ1) is 13.1. The lowest BCUT2D eigenvalue weighted by molar-refractivity contribution is -0.122. The highest BCUT2D eigenvalue weighted by molar-refractivity contribution is 5.99. The minimum atomic E-state index is -0.529. The highest BCUT2D eigenvalue weighted by atomic mass is 16.5. The number of hydrogen-bond donors (Lipinski definition) is 2. The summed E-state index contributed by atoms with van der Waals surface area (Å²) in [4.78, 5) is 24.1. The fourth-order valence-electron chi connectivity index (χ4n) is 2.85. The van der Waals surface area contributed by atoms with E-state index in [1.165, 1.54) is 0 Å². The van der Waals surface area contributed by atoms with Gasteiger partial charge in [0.05, 0.1) is 24.0 Å². The predicted octanol–water partition coefficient (Wildman–Crippen LogP) is 2.77. The molecule has 2 aromatic carbocycles. The summed E-state index contributed by atoms with van der Waals surface area (Å²) in [5.41, 5.74) is 2.88.